The Labute approximate surface area is 127 Å². The van der Waals surface area contributed by atoms with Gasteiger partial charge in [0.05, 0.1) is 5.54 Å². The minimum absolute atomic E-state index is 0.296. The molecule has 1 aromatic rings. The molecule has 0 aromatic carbocycles. The van der Waals surface area contributed by atoms with Crippen LogP contribution in [0.25, 0.3) is 0 Å². The van der Waals surface area contributed by atoms with E-state index in [9.17, 15) is 4.79 Å². The number of likely N-dealkylation sites (N-methyl/N-ethyl adjacent to an activating group) is 1. The molecule has 4 nitrogen and oxygen atoms in total. The number of amides is 1. The molecule has 106 valence electrons. The summed E-state index contributed by atoms with van der Waals surface area (Å²) in [5, 5.41) is 4.00. The standard InChI is InChI=1S/C13H20BrN3OS/c1-13(16-2,12(15)18)7-3-4-9-19-11-10(14)6-5-8-17-11/h5-6,8,16H,3-4,7,9H2,1-2H3,(H2,15,18). The van der Waals surface area contributed by atoms with Crippen molar-refractivity contribution in [3.05, 3.63) is 22.8 Å². The Kier molecular flexibility index (Phi) is 6.82. The van der Waals surface area contributed by atoms with E-state index in [0.717, 1.165) is 34.5 Å². The predicted molar refractivity (Wildman–Crippen MR) is 83.2 cm³/mol. The maximum atomic E-state index is 11.3. The van der Waals surface area contributed by atoms with Crippen LogP contribution in [0.5, 0.6) is 0 Å². The second kappa shape index (κ2) is 7.87. The molecular weight excluding hydrogens is 326 g/mol. The molecular formula is C13H20BrN3OS. The maximum absolute atomic E-state index is 11.3. The summed E-state index contributed by atoms with van der Waals surface area (Å²) in [6.45, 7) is 1.85. The molecule has 0 aliphatic carbocycles. The first-order chi connectivity index (χ1) is 8.99. The molecule has 1 rings (SSSR count). The monoisotopic (exact) mass is 345 g/mol. The van der Waals surface area contributed by atoms with E-state index in [4.69, 9.17) is 5.73 Å². The predicted octanol–water partition coefficient (Wildman–Crippen LogP) is 2.57. The summed E-state index contributed by atoms with van der Waals surface area (Å²) < 4.78 is 1.03. The lowest BCUT2D eigenvalue weighted by Crippen LogP contribution is -2.51. The smallest absolute Gasteiger partial charge is 0.237 e. The lowest BCUT2D eigenvalue weighted by molar-refractivity contribution is -0.123. The minimum atomic E-state index is -0.601. The number of carbonyl (C=O) groups excluding carboxylic acids is 1. The van der Waals surface area contributed by atoms with Gasteiger partial charge < -0.3 is 11.1 Å². The molecule has 6 heteroatoms. The average Bonchev–Trinajstić information content (AvgIpc) is 2.39. The van der Waals surface area contributed by atoms with Crippen molar-refractivity contribution in [2.75, 3.05) is 12.8 Å². The molecule has 0 fully saturated rings. The first-order valence-electron chi connectivity index (χ1n) is 6.22. The van der Waals surface area contributed by atoms with E-state index in [1.165, 1.54) is 0 Å². The first kappa shape index (κ1) is 16.5. The summed E-state index contributed by atoms with van der Waals surface area (Å²) >= 11 is 5.19. The van der Waals surface area contributed by atoms with Gasteiger partial charge in [0.15, 0.2) is 0 Å². The molecule has 0 saturated heterocycles. The highest BCUT2D eigenvalue weighted by molar-refractivity contribution is 9.10. The van der Waals surface area contributed by atoms with Gasteiger partial charge in [0.1, 0.15) is 5.03 Å². The Morgan fingerprint density at radius 1 is 1.58 bits per heavy atom. The molecule has 0 spiro atoms. The van der Waals surface area contributed by atoms with Gasteiger partial charge in [-0.25, -0.2) is 4.98 Å². The lowest BCUT2D eigenvalue weighted by Gasteiger charge is -2.25. The number of thioether (sulfide) groups is 1. The van der Waals surface area contributed by atoms with E-state index in [-0.39, 0.29) is 5.91 Å². The topological polar surface area (TPSA) is 68.0 Å². The Morgan fingerprint density at radius 2 is 2.32 bits per heavy atom. The van der Waals surface area contributed by atoms with Crippen molar-refractivity contribution in [3.63, 3.8) is 0 Å². The number of aromatic nitrogens is 1. The summed E-state index contributed by atoms with van der Waals surface area (Å²) in [6, 6.07) is 3.89. The van der Waals surface area contributed by atoms with Crippen molar-refractivity contribution < 1.29 is 4.79 Å². The fraction of sp³-hybridized carbons (Fsp3) is 0.538. The highest BCUT2D eigenvalue weighted by atomic mass is 79.9. The van der Waals surface area contributed by atoms with Crippen molar-refractivity contribution in [1.29, 1.82) is 0 Å². The number of hydrogen-bond donors (Lipinski definition) is 2. The van der Waals surface area contributed by atoms with E-state index >= 15 is 0 Å². The van der Waals surface area contributed by atoms with Gasteiger partial charge in [0.2, 0.25) is 5.91 Å². The molecule has 1 amide bonds. The van der Waals surface area contributed by atoms with Crippen molar-refractivity contribution in [2.45, 2.75) is 36.8 Å². The number of unbranched alkanes of at least 4 members (excludes halogenated alkanes) is 1. The molecule has 3 N–H and O–H groups in total. The maximum Gasteiger partial charge on any atom is 0.237 e. The van der Waals surface area contributed by atoms with E-state index in [2.05, 4.69) is 26.2 Å². The van der Waals surface area contributed by atoms with Gasteiger partial charge in [0, 0.05) is 10.7 Å². The number of nitrogens with zero attached hydrogens (tertiary/aromatic N) is 1. The van der Waals surface area contributed by atoms with E-state index in [1.807, 2.05) is 19.1 Å². The highest BCUT2D eigenvalue weighted by Gasteiger charge is 2.27. The molecule has 0 saturated carbocycles. The third-order valence-electron chi connectivity index (χ3n) is 3.13. The number of pyridine rings is 1. The van der Waals surface area contributed by atoms with E-state index < -0.39 is 5.54 Å². The molecule has 0 aliphatic heterocycles. The van der Waals surface area contributed by atoms with Crippen molar-refractivity contribution in [3.8, 4) is 0 Å². The summed E-state index contributed by atoms with van der Waals surface area (Å²) in [5.74, 6) is 0.684. The fourth-order valence-electron chi connectivity index (χ4n) is 1.60. The molecule has 0 aliphatic rings. The zero-order chi connectivity index (χ0) is 14.3. The second-order valence-electron chi connectivity index (χ2n) is 4.54. The van der Waals surface area contributed by atoms with Crippen LogP contribution in [-0.2, 0) is 4.79 Å². The Bertz CT molecular complexity index is 430. The average molecular weight is 346 g/mol. The van der Waals surface area contributed by atoms with Crippen LogP contribution in [0.1, 0.15) is 26.2 Å². The van der Waals surface area contributed by atoms with E-state index in [0.29, 0.717) is 0 Å². The normalized spacial score (nSPS) is 14.1. The summed E-state index contributed by atoms with van der Waals surface area (Å²) in [4.78, 5) is 15.6. The molecule has 1 atom stereocenters. The van der Waals surface area contributed by atoms with Gasteiger partial charge in [-0.15, -0.1) is 11.8 Å². The van der Waals surface area contributed by atoms with Crippen LogP contribution in [0.2, 0.25) is 0 Å². The minimum Gasteiger partial charge on any atom is -0.368 e. The summed E-state index contributed by atoms with van der Waals surface area (Å²) in [5.41, 5.74) is 4.78. The number of primary amides is 1. The Balaban J connectivity index is 2.29. The summed E-state index contributed by atoms with van der Waals surface area (Å²) in [6.07, 6.45) is 4.52. The molecule has 1 heterocycles. The van der Waals surface area contributed by atoms with Crippen LogP contribution in [0.15, 0.2) is 27.8 Å². The van der Waals surface area contributed by atoms with Gasteiger partial charge in [0.25, 0.3) is 0 Å². The van der Waals surface area contributed by atoms with Crippen LogP contribution >= 0.6 is 27.7 Å². The molecule has 0 bridgehead atoms. The number of hydrogen-bond acceptors (Lipinski definition) is 4. The number of nitrogens with one attached hydrogen (secondary N) is 1. The van der Waals surface area contributed by atoms with Gasteiger partial charge in [-0.05, 0) is 60.6 Å². The largest absolute Gasteiger partial charge is 0.368 e. The van der Waals surface area contributed by atoms with Crippen molar-refractivity contribution >= 4 is 33.6 Å². The van der Waals surface area contributed by atoms with Crippen LogP contribution in [-0.4, -0.2) is 29.2 Å². The Morgan fingerprint density at radius 3 is 2.89 bits per heavy atom. The SMILES string of the molecule is CNC(C)(CCCCSc1ncccc1Br)C(N)=O. The third kappa shape index (κ3) is 5.12. The number of halogens is 1. The van der Waals surface area contributed by atoms with E-state index in [1.54, 1.807) is 25.0 Å². The molecule has 19 heavy (non-hydrogen) atoms. The van der Waals surface area contributed by atoms with Crippen LogP contribution in [0.4, 0.5) is 0 Å². The number of carbonyl (C=O) groups is 1. The van der Waals surface area contributed by atoms with Crippen LogP contribution in [0, 0.1) is 0 Å². The quantitative estimate of drug-likeness (QED) is 0.561. The second-order valence-corrected chi connectivity index (χ2v) is 6.48. The Hall–Kier alpha value is -0.590. The van der Waals surface area contributed by atoms with Crippen LogP contribution in [0.3, 0.4) is 0 Å². The van der Waals surface area contributed by atoms with Gasteiger partial charge in [-0.1, -0.05) is 6.42 Å². The molecule has 1 aromatic heterocycles. The fourth-order valence-corrected chi connectivity index (χ4v) is 3.08. The number of nitrogens with two attached hydrogens (primary N) is 1. The van der Waals surface area contributed by atoms with Gasteiger partial charge >= 0.3 is 0 Å². The lowest BCUT2D eigenvalue weighted by atomic mass is 9.94. The molecule has 1 unspecified atom stereocenters. The number of rotatable bonds is 8. The van der Waals surface area contributed by atoms with Crippen LogP contribution < -0.4 is 11.1 Å². The van der Waals surface area contributed by atoms with Crippen molar-refractivity contribution in [2.24, 2.45) is 5.73 Å². The van der Waals surface area contributed by atoms with Crippen molar-refractivity contribution in [1.82, 2.24) is 10.3 Å². The summed E-state index contributed by atoms with van der Waals surface area (Å²) in [7, 11) is 1.77. The van der Waals surface area contributed by atoms with Gasteiger partial charge in [-0.3, -0.25) is 4.79 Å². The third-order valence-corrected chi connectivity index (χ3v) is 5.12. The van der Waals surface area contributed by atoms with Gasteiger partial charge in [-0.2, -0.15) is 0 Å². The zero-order valence-corrected chi connectivity index (χ0v) is 13.7. The first-order valence-corrected chi connectivity index (χ1v) is 7.99. The molecule has 0 radical (unpaired) electrons. The zero-order valence-electron chi connectivity index (χ0n) is 11.3. The highest BCUT2D eigenvalue weighted by Crippen LogP contribution is 2.26.